The molecule has 0 spiro atoms. The summed E-state index contributed by atoms with van der Waals surface area (Å²) in [5, 5.41) is 20.8. The molecule has 2 N–H and O–H groups in total. The molecule has 0 aromatic heterocycles. The number of hydrogen-bond acceptors (Lipinski definition) is 6. The average Bonchev–Trinajstić information content (AvgIpc) is 2.78. The Balaban J connectivity index is 1.87. The van der Waals surface area contributed by atoms with Crippen LogP contribution in [-0.4, -0.2) is 55.8 Å². The first-order chi connectivity index (χ1) is 15.6. The highest BCUT2D eigenvalue weighted by molar-refractivity contribution is 6.74. The van der Waals surface area contributed by atoms with Crippen molar-refractivity contribution in [2.45, 2.75) is 82.8 Å². The van der Waals surface area contributed by atoms with Crippen LogP contribution < -0.4 is 0 Å². The van der Waals surface area contributed by atoms with E-state index in [9.17, 15) is 10.2 Å². The molecule has 1 saturated heterocycles. The molecule has 1 aliphatic rings. The molecule has 33 heavy (non-hydrogen) atoms. The quantitative estimate of drug-likeness (QED) is 0.529. The summed E-state index contributed by atoms with van der Waals surface area (Å²) in [5.74, 6) is 0. The Bertz CT molecular complexity index is 839. The van der Waals surface area contributed by atoms with Gasteiger partial charge in [-0.2, -0.15) is 0 Å². The largest absolute Gasteiger partial charge is 0.408 e. The van der Waals surface area contributed by atoms with Gasteiger partial charge in [-0.25, -0.2) is 0 Å². The lowest BCUT2D eigenvalue weighted by Crippen LogP contribution is -2.64. The van der Waals surface area contributed by atoms with Gasteiger partial charge in [0.15, 0.2) is 14.6 Å². The molecular weight excluding hydrogens is 436 g/mol. The Morgan fingerprint density at radius 3 is 1.76 bits per heavy atom. The van der Waals surface area contributed by atoms with E-state index in [1.807, 2.05) is 60.7 Å². The van der Waals surface area contributed by atoms with E-state index in [4.69, 9.17) is 18.6 Å². The van der Waals surface area contributed by atoms with E-state index in [1.165, 1.54) is 0 Å². The third kappa shape index (κ3) is 6.73. The fraction of sp³-hybridized carbons (Fsp3) is 0.538. The normalized spacial score (nSPS) is 26.3. The van der Waals surface area contributed by atoms with Crippen molar-refractivity contribution in [2.75, 3.05) is 6.61 Å². The molecule has 0 aliphatic carbocycles. The fourth-order valence-electron chi connectivity index (χ4n) is 3.61. The lowest BCUT2D eigenvalue weighted by Gasteiger charge is -2.48. The summed E-state index contributed by atoms with van der Waals surface area (Å²) in [6.45, 7) is 11.2. The first-order valence-electron chi connectivity index (χ1n) is 11.6. The number of ether oxygens (including phenoxy) is 3. The lowest BCUT2D eigenvalue weighted by atomic mass is 9.98. The first kappa shape index (κ1) is 26.0. The molecule has 0 unspecified atom stereocenters. The van der Waals surface area contributed by atoms with Gasteiger partial charge < -0.3 is 28.8 Å². The van der Waals surface area contributed by atoms with Crippen LogP contribution in [0, 0.1) is 0 Å². The monoisotopic (exact) mass is 474 g/mol. The topological polar surface area (TPSA) is 77.4 Å². The molecule has 6 nitrogen and oxygen atoms in total. The van der Waals surface area contributed by atoms with Crippen LogP contribution >= 0.6 is 0 Å². The van der Waals surface area contributed by atoms with E-state index in [1.54, 1.807) is 0 Å². The minimum Gasteiger partial charge on any atom is -0.408 e. The Labute approximate surface area is 198 Å². The van der Waals surface area contributed by atoms with Crippen LogP contribution in [0.15, 0.2) is 60.7 Å². The van der Waals surface area contributed by atoms with Gasteiger partial charge in [-0.1, -0.05) is 81.4 Å². The second kappa shape index (κ2) is 11.2. The molecule has 1 heterocycles. The highest BCUT2D eigenvalue weighted by Crippen LogP contribution is 2.40. The van der Waals surface area contributed by atoms with Crippen LogP contribution in [0.2, 0.25) is 18.1 Å². The van der Waals surface area contributed by atoms with Gasteiger partial charge in [-0.05, 0) is 29.3 Å². The first-order valence-corrected chi connectivity index (χ1v) is 14.5. The van der Waals surface area contributed by atoms with E-state index in [2.05, 4.69) is 33.9 Å². The van der Waals surface area contributed by atoms with Gasteiger partial charge in [0.25, 0.3) is 0 Å². The molecule has 1 fully saturated rings. The molecule has 0 amide bonds. The number of hydrogen-bond donors (Lipinski definition) is 2. The molecular formula is C26H38O6Si. The maximum atomic E-state index is 10.8. The van der Waals surface area contributed by atoms with Gasteiger partial charge in [-0.3, -0.25) is 0 Å². The molecule has 2 aromatic rings. The van der Waals surface area contributed by atoms with E-state index >= 15 is 0 Å². The molecule has 0 bridgehead atoms. The van der Waals surface area contributed by atoms with Gasteiger partial charge in [-0.15, -0.1) is 0 Å². The zero-order valence-electron chi connectivity index (χ0n) is 20.3. The van der Waals surface area contributed by atoms with Gasteiger partial charge in [0.2, 0.25) is 0 Å². The fourth-order valence-corrected chi connectivity index (χ4v) is 4.91. The maximum Gasteiger partial charge on any atom is 0.192 e. The minimum atomic E-state index is -2.27. The maximum absolute atomic E-state index is 10.8. The van der Waals surface area contributed by atoms with Crippen LogP contribution in [0.5, 0.6) is 0 Å². The third-order valence-electron chi connectivity index (χ3n) is 6.60. The zero-order valence-corrected chi connectivity index (χ0v) is 21.3. The predicted octanol–water partition coefficient (Wildman–Crippen LogP) is 4.26. The van der Waals surface area contributed by atoms with Crippen LogP contribution in [0.1, 0.15) is 31.9 Å². The molecule has 0 saturated carbocycles. The predicted molar refractivity (Wildman–Crippen MR) is 130 cm³/mol. The van der Waals surface area contributed by atoms with Crippen LogP contribution in [0.4, 0.5) is 0 Å². The van der Waals surface area contributed by atoms with Crippen LogP contribution in [0.3, 0.4) is 0 Å². The Morgan fingerprint density at radius 1 is 0.818 bits per heavy atom. The van der Waals surface area contributed by atoms with Crippen molar-refractivity contribution in [3.63, 3.8) is 0 Å². The average molecular weight is 475 g/mol. The molecule has 5 atom stereocenters. The van der Waals surface area contributed by atoms with Crippen LogP contribution in [-0.2, 0) is 31.9 Å². The van der Waals surface area contributed by atoms with Crippen molar-refractivity contribution in [1.82, 2.24) is 0 Å². The van der Waals surface area contributed by atoms with Crippen molar-refractivity contribution in [3.05, 3.63) is 71.8 Å². The van der Waals surface area contributed by atoms with Crippen LogP contribution in [0.25, 0.3) is 0 Å². The van der Waals surface area contributed by atoms with E-state index in [0.717, 1.165) is 11.1 Å². The van der Waals surface area contributed by atoms with Gasteiger partial charge >= 0.3 is 0 Å². The number of benzene rings is 2. The second-order valence-electron chi connectivity index (χ2n) is 10.1. The summed E-state index contributed by atoms with van der Waals surface area (Å²) in [6, 6.07) is 19.6. The Hall–Kier alpha value is -1.58. The number of aliphatic hydroxyl groups excluding tert-OH is 2. The summed E-state index contributed by atoms with van der Waals surface area (Å²) in [5.41, 5.74) is 2.00. The van der Waals surface area contributed by atoms with Crippen molar-refractivity contribution in [1.29, 1.82) is 0 Å². The minimum absolute atomic E-state index is 0.0566. The summed E-state index contributed by atoms with van der Waals surface area (Å²) >= 11 is 0. The number of rotatable bonds is 9. The Morgan fingerprint density at radius 2 is 1.30 bits per heavy atom. The van der Waals surface area contributed by atoms with Crippen molar-refractivity contribution in [2.24, 2.45) is 0 Å². The molecule has 2 aromatic carbocycles. The molecule has 3 rings (SSSR count). The standard InChI is InChI=1S/C26H38O6Si/c1-26(2,3)33(4,5)32-23-22(29-17-19-12-8-6-9-13-19)21(16-27)31-25(28)24(23)30-18-20-14-10-7-11-15-20/h6-15,21-25,27-28H,16-18H2,1-5H3/t21-,22-,23+,24-,25+/m1/s1. The Kier molecular flexibility index (Phi) is 8.86. The van der Waals surface area contributed by atoms with Crippen molar-refractivity contribution < 1.29 is 28.8 Å². The second-order valence-corrected chi connectivity index (χ2v) is 14.9. The smallest absolute Gasteiger partial charge is 0.192 e. The highest BCUT2D eigenvalue weighted by Gasteiger charge is 2.51. The highest BCUT2D eigenvalue weighted by atomic mass is 28.4. The van der Waals surface area contributed by atoms with E-state index in [0.29, 0.717) is 13.2 Å². The molecule has 182 valence electrons. The summed E-state index contributed by atoms with van der Waals surface area (Å²) < 4.78 is 25.0. The summed E-state index contributed by atoms with van der Waals surface area (Å²) in [4.78, 5) is 0. The van der Waals surface area contributed by atoms with Gasteiger partial charge in [0.05, 0.1) is 19.8 Å². The summed E-state index contributed by atoms with van der Waals surface area (Å²) in [7, 11) is -2.27. The number of aliphatic hydroxyl groups is 2. The zero-order chi connectivity index (χ0) is 24.1. The summed E-state index contributed by atoms with van der Waals surface area (Å²) in [6.07, 6.45) is -3.93. The van der Waals surface area contributed by atoms with E-state index in [-0.39, 0.29) is 11.6 Å². The van der Waals surface area contributed by atoms with E-state index < -0.39 is 39.0 Å². The molecule has 0 radical (unpaired) electrons. The third-order valence-corrected chi connectivity index (χ3v) is 11.1. The van der Waals surface area contributed by atoms with Crippen molar-refractivity contribution >= 4 is 8.32 Å². The van der Waals surface area contributed by atoms with Gasteiger partial charge in [0, 0.05) is 0 Å². The van der Waals surface area contributed by atoms with Gasteiger partial charge in [0.1, 0.15) is 24.4 Å². The molecule has 1 aliphatic heterocycles. The lowest BCUT2D eigenvalue weighted by molar-refractivity contribution is -0.303. The SMILES string of the molecule is CC(C)(C)[Si](C)(C)O[C@@H]1[C@@H](OCc2ccccc2)[C@@H](O)O[C@H](CO)[C@H]1OCc1ccccc1. The van der Waals surface area contributed by atoms with Crippen molar-refractivity contribution in [3.8, 4) is 0 Å². The molecule has 7 heteroatoms.